The van der Waals surface area contributed by atoms with Gasteiger partial charge in [-0.3, -0.25) is 14.9 Å². The first-order valence-electron chi connectivity index (χ1n) is 5.06. The predicted molar refractivity (Wildman–Crippen MR) is 70.3 cm³/mol. The highest BCUT2D eigenvalue weighted by Gasteiger charge is 2.24. The van der Waals surface area contributed by atoms with Crippen LogP contribution >= 0.6 is 23.4 Å². The molecule has 0 bridgehead atoms. The Labute approximate surface area is 111 Å². The van der Waals surface area contributed by atoms with Crippen molar-refractivity contribution in [2.24, 2.45) is 0 Å². The Hall–Kier alpha value is -1.72. The number of thioether (sulfide) groups is 1. The van der Waals surface area contributed by atoms with E-state index in [-0.39, 0.29) is 11.1 Å². The molecule has 0 spiro atoms. The predicted octanol–water partition coefficient (Wildman–Crippen LogP) is 3.41. The average molecular weight is 280 g/mol. The van der Waals surface area contributed by atoms with Gasteiger partial charge in [0.2, 0.25) is 0 Å². The molecule has 90 valence electrons. The van der Waals surface area contributed by atoms with Crippen molar-refractivity contribution in [3.05, 3.63) is 40.0 Å². The Morgan fingerprint density at radius 3 is 2.83 bits per heavy atom. The average Bonchev–Trinajstić information content (AvgIpc) is 2.80. The van der Waals surface area contributed by atoms with Crippen molar-refractivity contribution in [2.75, 3.05) is 0 Å². The van der Waals surface area contributed by atoms with E-state index in [1.807, 2.05) is 6.07 Å². The van der Waals surface area contributed by atoms with Crippen LogP contribution in [0.4, 0.5) is 4.79 Å². The summed E-state index contributed by atoms with van der Waals surface area (Å²) in [5, 5.41) is 3.03. The maximum absolute atomic E-state index is 11.4. The summed E-state index contributed by atoms with van der Waals surface area (Å²) in [7, 11) is 0. The third kappa shape index (κ3) is 2.02. The number of fused-ring (bicyclic) bond motifs is 1. The minimum atomic E-state index is -0.365. The van der Waals surface area contributed by atoms with Crippen LogP contribution in [0.1, 0.15) is 5.56 Å². The molecule has 1 aromatic carbocycles. The number of carbonyl (C=O) groups is 2. The number of benzene rings is 1. The van der Waals surface area contributed by atoms with Crippen LogP contribution in [0, 0.1) is 0 Å². The fourth-order valence-corrected chi connectivity index (χ4v) is 2.57. The number of hydrogen-bond donors (Lipinski definition) is 1. The molecular formula is C12H6ClNO3S. The van der Waals surface area contributed by atoms with Crippen LogP contribution in [0.25, 0.3) is 17.0 Å². The van der Waals surface area contributed by atoms with Crippen LogP contribution in [0.2, 0.25) is 5.22 Å². The minimum absolute atomic E-state index is 0.318. The van der Waals surface area contributed by atoms with E-state index in [0.717, 1.165) is 22.7 Å². The molecule has 1 aromatic heterocycles. The van der Waals surface area contributed by atoms with Gasteiger partial charge in [0.05, 0.1) is 4.91 Å². The Kier molecular flexibility index (Phi) is 2.65. The highest BCUT2D eigenvalue weighted by molar-refractivity contribution is 8.18. The van der Waals surface area contributed by atoms with Crippen molar-refractivity contribution in [2.45, 2.75) is 0 Å². The molecule has 0 unspecified atom stereocenters. The largest absolute Gasteiger partial charge is 0.445 e. The van der Waals surface area contributed by atoms with Gasteiger partial charge in [-0.2, -0.15) is 0 Å². The second kappa shape index (κ2) is 4.19. The van der Waals surface area contributed by atoms with E-state index in [9.17, 15) is 9.59 Å². The maximum Gasteiger partial charge on any atom is 0.290 e. The van der Waals surface area contributed by atoms with Crippen molar-refractivity contribution in [3.8, 4) is 0 Å². The van der Waals surface area contributed by atoms with Gasteiger partial charge >= 0.3 is 0 Å². The lowest BCUT2D eigenvalue weighted by molar-refractivity contribution is -0.115. The Morgan fingerprint density at radius 2 is 2.11 bits per heavy atom. The summed E-state index contributed by atoms with van der Waals surface area (Å²) < 4.78 is 5.24. The van der Waals surface area contributed by atoms with Crippen molar-refractivity contribution in [1.29, 1.82) is 0 Å². The van der Waals surface area contributed by atoms with Crippen molar-refractivity contribution >= 4 is 51.6 Å². The van der Waals surface area contributed by atoms with E-state index in [0.29, 0.717) is 15.7 Å². The van der Waals surface area contributed by atoms with Crippen molar-refractivity contribution in [1.82, 2.24) is 5.32 Å². The number of furan rings is 1. The van der Waals surface area contributed by atoms with Crippen LogP contribution in [-0.2, 0) is 4.79 Å². The zero-order valence-corrected chi connectivity index (χ0v) is 10.5. The SMILES string of the molecule is O=C1NC(=O)/C(=C/c2ccc3oc(Cl)cc3c2)S1. The molecule has 2 amide bonds. The number of imide groups is 1. The summed E-state index contributed by atoms with van der Waals surface area (Å²) in [4.78, 5) is 22.8. The number of nitrogens with one attached hydrogen (secondary N) is 1. The Morgan fingerprint density at radius 1 is 1.28 bits per heavy atom. The summed E-state index contributed by atoms with van der Waals surface area (Å²) in [6.45, 7) is 0. The summed E-state index contributed by atoms with van der Waals surface area (Å²) >= 11 is 6.64. The lowest BCUT2D eigenvalue weighted by atomic mass is 10.1. The Bertz CT molecular complexity index is 704. The fourth-order valence-electron chi connectivity index (χ4n) is 1.69. The van der Waals surface area contributed by atoms with Crippen LogP contribution in [0.3, 0.4) is 0 Å². The van der Waals surface area contributed by atoms with Gasteiger partial charge in [-0.1, -0.05) is 6.07 Å². The minimum Gasteiger partial charge on any atom is -0.445 e. The van der Waals surface area contributed by atoms with Crippen LogP contribution in [0.5, 0.6) is 0 Å². The zero-order chi connectivity index (χ0) is 12.7. The van der Waals surface area contributed by atoms with Gasteiger partial charge in [-0.25, -0.2) is 0 Å². The topological polar surface area (TPSA) is 59.3 Å². The van der Waals surface area contributed by atoms with Gasteiger partial charge in [0.25, 0.3) is 11.1 Å². The molecule has 6 heteroatoms. The van der Waals surface area contributed by atoms with E-state index in [4.69, 9.17) is 16.0 Å². The summed E-state index contributed by atoms with van der Waals surface area (Å²) in [5.41, 5.74) is 1.49. The van der Waals surface area contributed by atoms with E-state index >= 15 is 0 Å². The van der Waals surface area contributed by atoms with Gasteiger partial charge in [0, 0.05) is 11.5 Å². The molecule has 0 radical (unpaired) electrons. The number of amides is 2. The van der Waals surface area contributed by atoms with Crippen LogP contribution < -0.4 is 5.32 Å². The second-order valence-corrected chi connectivity index (χ2v) is 5.09. The number of halogens is 1. The van der Waals surface area contributed by atoms with Gasteiger partial charge < -0.3 is 4.42 Å². The molecule has 0 atom stereocenters. The molecular weight excluding hydrogens is 274 g/mol. The van der Waals surface area contributed by atoms with E-state index < -0.39 is 0 Å². The molecule has 0 aliphatic carbocycles. The molecule has 1 aliphatic heterocycles. The number of rotatable bonds is 1. The third-order valence-corrected chi connectivity index (χ3v) is 3.45. The normalized spacial score (nSPS) is 17.7. The second-order valence-electron chi connectivity index (χ2n) is 3.70. The van der Waals surface area contributed by atoms with Gasteiger partial charge in [0.1, 0.15) is 5.58 Å². The molecule has 1 saturated heterocycles. The molecule has 3 rings (SSSR count). The molecule has 4 nitrogen and oxygen atoms in total. The fraction of sp³-hybridized carbons (Fsp3) is 0. The number of hydrogen-bond acceptors (Lipinski definition) is 4. The highest BCUT2D eigenvalue weighted by atomic mass is 35.5. The van der Waals surface area contributed by atoms with Crippen LogP contribution in [0.15, 0.2) is 33.6 Å². The lowest BCUT2D eigenvalue weighted by Crippen LogP contribution is -2.17. The monoisotopic (exact) mass is 279 g/mol. The first-order valence-corrected chi connectivity index (χ1v) is 6.25. The molecule has 2 aromatic rings. The number of carbonyl (C=O) groups excluding carboxylic acids is 2. The first-order chi connectivity index (χ1) is 8.61. The molecule has 1 N–H and O–H groups in total. The molecule has 1 aliphatic rings. The zero-order valence-electron chi connectivity index (χ0n) is 8.90. The summed E-state index contributed by atoms with van der Waals surface area (Å²) in [6.07, 6.45) is 1.66. The van der Waals surface area contributed by atoms with E-state index in [1.165, 1.54) is 0 Å². The lowest BCUT2D eigenvalue weighted by Gasteiger charge is -1.95. The maximum atomic E-state index is 11.4. The molecule has 0 saturated carbocycles. The first kappa shape index (κ1) is 11.4. The Balaban J connectivity index is 2.02. The van der Waals surface area contributed by atoms with Crippen molar-refractivity contribution in [3.63, 3.8) is 0 Å². The van der Waals surface area contributed by atoms with Crippen LogP contribution in [-0.4, -0.2) is 11.1 Å². The summed E-state index contributed by atoms with van der Waals surface area (Å²) in [5.74, 6) is -0.365. The highest BCUT2D eigenvalue weighted by Crippen LogP contribution is 2.28. The molecule has 2 heterocycles. The van der Waals surface area contributed by atoms with Gasteiger partial charge in [-0.05, 0) is 47.1 Å². The smallest absolute Gasteiger partial charge is 0.290 e. The van der Waals surface area contributed by atoms with Gasteiger partial charge in [-0.15, -0.1) is 0 Å². The third-order valence-electron chi connectivity index (χ3n) is 2.45. The molecule has 18 heavy (non-hydrogen) atoms. The van der Waals surface area contributed by atoms with Gasteiger partial charge in [0.15, 0.2) is 5.22 Å². The quantitative estimate of drug-likeness (QED) is 0.813. The summed E-state index contributed by atoms with van der Waals surface area (Å²) in [6, 6.07) is 7.11. The molecule has 1 fully saturated rings. The van der Waals surface area contributed by atoms with Crippen molar-refractivity contribution < 1.29 is 14.0 Å². The van der Waals surface area contributed by atoms with E-state index in [1.54, 1.807) is 24.3 Å². The standard InChI is InChI=1S/C12H6ClNO3S/c13-10-5-7-3-6(1-2-8(7)17-10)4-9-11(15)14-12(16)18-9/h1-5H,(H,14,15,16)/b9-4-. The van der Waals surface area contributed by atoms with E-state index in [2.05, 4.69) is 5.32 Å².